The summed E-state index contributed by atoms with van der Waals surface area (Å²) < 4.78 is 7.99. The maximum Gasteiger partial charge on any atom is 0.314 e. The summed E-state index contributed by atoms with van der Waals surface area (Å²) in [5.74, 6) is -0.931. The summed E-state index contributed by atoms with van der Waals surface area (Å²) >= 11 is 0. The first-order valence-electron chi connectivity index (χ1n) is 11.7. The second-order valence-electron chi connectivity index (χ2n) is 9.55. The van der Waals surface area contributed by atoms with Crippen molar-refractivity contribution in [3.05, 3.63) is 77.5 Å². The van der Waals surface area contributed by atoms with Crippen molar-refractivity contribution in [2.75, 3.05) is 13.6 Å². The van der Waals surface area contributed by atoms with Crippen molar-refractivity contribution < 1.29 is 14.3 Å². The summed E-state index contributed by atoms with van der Waals surface area (Å²) in [5, 5.41) is 1.30. The fraction of sp³-hybridized carbons (Fsp3) is 0.357. The van der Waals surface area contributed by atoms with E-state index in [4.69, 9.17) is 4.74 Å². The molecule has 2 heterocycles. The molecule has 3 aromatic rings. The van der Waals surface area contributed by atoms with Crippen LogP contribution in [-0.2, 0) is 16.0 Å². The SMILES string of the molecule is CC(OC(=O)[C@@H]1C=C2c3cccc4c3c(cn4C(C)C)C[C@H]2N(C)C1)C(=O)c1ccccc1. The highest BCUT2D eigenvalue weighted by Crippen LogP contribution is 2.42. The van der Waals surface area contributed by atoms with Crippen LogP contribution in [0.25, 0.3) is 16.5 Å². The van der Waals surface area contributed by atoms with Gasteiger partial charge in [-0.1, -0.05) is 48.5 Å². The van der Waals surface area contributed by atoms with Crippen molar-refractivity contribution in [3.63, 3.8) is 0 Å². The van der Waals surface area contributed by atoms with Gasteiger partial charge in [-0.05, 0) is 57.0 Å². The second-order valence-corrected chi connectivity index (χ2v) is 9.55. The fourth-order valence-electron chi connectivity index (χ4n) is 5.31. The Hall–Kier alpha value is -3.18. The summed E-state index contributed by atoms with van der Waals surface area (Å²) in [4.78, 5) is 28.0. The number of ketones is 1. The molecule has 2 aromatic carbocycles. The predicted molar refractivity (Wildman–Crippen MR) is 130 cm³/mol. The quantitative estimate of drug-likeness (QED) is 0.416. The number of hydrogen-bond acceptors (Lipinski definition) is 4. The molecule has 0 spiro atoms. The van der Waals surface area contributed by atoms with Crippen LogP contribution in [0.5, 0.6) is 0 Å². The molecule has 5 heteroatoms. The molecular formula is C28H30N2O3. The number of aromatic nitrogens is 1. The highest BCUT2D eigenvalue weighted by atomic mass is 16.5. The molecule has 5 rings (SSSR count). The Labute approximate surface area is 194 Å². The number of carbonyl (C=O) groups is 2. The third-order valence-corrected chi connectivity index (χ3v) is 7.00. The van der Waals surface area contributed by atoms with Crippen molar-refractivity contribution in [1.82, 2.24) is 9.47 Å². The number of likely N-dealkylation sites (N-methyl/N-ethyl adjacent to an activating group) is 1. The predicted octanol–water partition coefficient (Wildman–Crippen LogP) is 4.91. The lowest BCUT2D eigenvalue weighted by atomic mass is 9.80. The lowest BCUT2D eigenvalue weighted by Gasteiger charge is -2.39. The standard InChI is InChI=1S/C28H30N2O3/c1-17(2)30-16-20-14-25-23(22-11-8-12-24(30)26(20)22)13-21(15-29(25)4)28(32)33-18(3)27(31)19-9-6-5-7-10-19/h5-13,16-18,21,25H,14-15H2,1-4H3/t18?,21-,25-/m1/s1. The zero-order chi connectivity index (χ0) is 23.3. The monoisotopic (exact) mass is 442 g/mol. The van der Waals surface area contributed by atoms with Gasteiger partial charge in [-0.15, -0.1) is 0 Å². The molecule has 2 aliphatic rings. The summed E-state index contributed by atoms with van der Waals surface area (Å²) in [7, 11) is 2.07. The van der Waals surface area contributed by atoms with Gasteiger partial charge >= 0.3 is 5.97 Å². The van der Waals surface area contributed by atoms with Gasteiger partial charge in [-0.3, -0.25) is 14.5 Å². The number of hydrogen-bond donors (Lipinski definition) is 0. The highest BCUT2D eigenvalue weighted by molar-refractivity contribution is 6.01. The number of rotatable bonds is 5. The minimum Gasteiger partial charge on any atom is -0.454 e. The maximum atomic E-state index is 13.1. The van der Waals surface area contributed by atoms with E-state index in [0.717, 1.165) is 6.42 Å². The van der Waals surface area contributed by atoms with Crippen molar-refractivity contribution in [2.45, 2.75) is 45.4 Å². The van der Waals surface area contributed by atoms with Gasteiger partial charge in [-0.2, -0.15) is 0 Å². The van der Waals surface area contributed by atoms with Crippen molar-refractivity contribution in [3.8, 4) is 0 Å². The lowest BCUT2D eigenvalue weighted by molar-refractivity contribution is -0.150. The molecule has 0 N–H and O–H groups in total. The molecule has 1 aliphatic heterocycles. The molecule has 170 valence electrons. The van der Waals surface area contributed by atoms with Crippen LogP contribution in [0, 0.1) is 5.92 Å². The molecule has 0 saturated carbocycles. The average molecular weight is 443 g/mol. The molecular weight excluding hydrogens is 412 g/mol. The second kappa shape index (κ2) is 8.31. The third-order valence-electron chi connectivity index (χ3n) is 7.00. The molecule has 0 saturated heterocycles. The van der Waals surface area contributed by atoms with E-state index in [1.807, 2.05) is 18.2 Å². The first kappa shape index (κ1) is 21.7. The van der Waals surface area contributed by atoms with Gasteiger partial charge in [0, 0.05) is 41.3 Å². The van der Waals surface area contributed by atoms with E-state index in [-0.39, 0.29) is 17.8 Å². The number of nitrogens with zero attached hydrogens (tertiary/aromatic N) is 2. The number of benzene rings is 2. The molecule has 0 fully saturated rings. The number of fused-ring (bicyclic) bond motifs is 2. The zero-order valence-corrected chi connectivity index (χ0v) is 19.6. The highest BCUT2D eigenvalue weighted by Gasteiger charge is 2.37. The molecule has 33 heavy (non-hydrogen) atoms. The Kier molecular flexibility index (Phi) is 5.45. The van der Waals surface area contributed by atoms with E-state index in [0.29, 0.717) is 18.2 Å². The molecule has 1 unspecified atom stereocenters. The van der Waals surface area contributed by atoms with Gasteiger partial charge in [0.15, 0.2) is 6.10 Å². The molecule has 1 aromatic heterocycles. The Morgan fingerprint density at radius 1 is 1.03 bits per heavy atom. The average Bonchev–Trinajstić information content (AvgIpc) is 3.19. The fourth-order valence-corrected chi connectivity index (χ4v) is 5.31. The number of carbonyl (C=O) groups excluding carboxylic acids is 2. The van der Waals surface area contributed by atoms with E-state index in [2.05, 4.69) is 60.8 Å². The van der Waals surface area contributed by atoms with E-state index in [1.54, 1.807) is 19.1 Å². The molecule has 5 nitrogen and oxygen atoms in total. The van der Waals surface area contributed by atoms with Crippen molar-refractivity contribution in [2.24, 2.45) is 5.92 Å². The minimum atomic E-state index is -0.817. The van der Waals surface area contributed by atoms with Crippen LogP contribution in [-0.4, -0.2) is 47.0 Å². The van der Waals surface area contributed by atoms with Crippen LogP contribution in [0.4, 0.5) is 0 Å². The van der Waals surface area contributed by atoms with Crippen LogP contribution in [0.15, 0.2) is 60.8 Å². The largest absolute Gasteiger partial charge is 0.454 e. The van der Waals surface area contributed by atoms with Crippen LogP contribution >= 0.6 is 0 Å². The lowest BCUT2D eigenvalue weighted by Crippen LogP contribution is -2.45. The van der Waals surface area contributed by atoms with E-state index < -0.39 is 12.0 Å². The Morgan fingerprint density at radius 3 is 2.52 bits per heavy atom. The smallest absolute Gasteiger partial charge is 0.314 e. The van der Waals surface area contributed by atoms with Gasteiger partial charge in [0.1, 0.15) is 0 Å². The number of Topliss-reactive ketones (excluding diaryl/α,β-unsaturated/α-hetero) is 1. The topological polar surface area (TPSA) is 51.5 Å². The maximum absolute atomic E-state index is 13.1. The summed E-state index contributed by atoms with van der Waals surface area (Å²) in [6.45, 7) is 6.64. The number of ether oxygens (including phenoxy) is 1. The van der Waals surface area contributed by atoms with Crippen LogP contribution in [0.1, 0.15) is 48.3 Å². The summed E-state index contributed by atoms with van der Waals surface area (Å²) in [6.07, 6.45) is 4.49. The Balaban J connectivity index is 1.45. The Morgan fingerprint density at radius 2 is 1.79 bits per heavy atom. The first-order chi connectivity index (χ1) is 15.8. The molecule has 3 atom stereocenters. The van der Waals surface area contributed by atoms with E-state index >= 15 is 0 Å². The normalized spacial score (nSPS) is 20.9. The van der Waals surface area contributed by atoms with Gasteiger partial charge in [-0.25, -0.2) is 0 Å². The van der Waals surface area contributed by atoms with Gasteiger partial charge in [0.2, 0.25) is 5.78 Å². The molecule has 1 aliphatic carbocycles. The van der Waals surface area contributed by atoms with E-state index in [9.17, 15) is 9.59 Å². The van der Waals surface area contributed by atoms with Gasteiger partial charge in [0.25, 0.3) is 0 Å². The Bertz CT molecular complexity index is 1250. The van der Waals surface area contributed by atoms with Crippen molar-refractivity contribution >= 4 is 28.2 Å². The number of esters is 1. The summed E-state index contributed by atoms with van der Waals surface area (Å²) in [6, 6.07) is 16.0. The van der Waals surface area contributed by atoms with E-state index in [1.165, 1.54) is 27.6 Å². The zero-order valence-electron chi connectivity index (χ0n) is 19.6. The summed E-state index contributed by atoms with van der Waals surface area (Å²) in [5.41, 5.74) is 5.55. The van der Waals surface area contributed by atoms with Gasteiger partial charge < -0.3 is 9.30 Å². The molecule has 0 radical (unpaired) electrons. The van der Waals surface area contributed by atoms with Gasteiger partial charge in [0.05, 0.1) is 5.92 Å². The molecule has 0 bridgehead atoms. The van der Waals surface area contributed by atoms with Crippen LogP contribution in [0.2, 0.25) is 0 Å². The van der Waals surface area contributed by atoms with Crippen LogP contribution in [0.3, 0.4) is 0 Å². The molecule has 0 amide bonds. The third kappa shape index (κ3) is 3.70. The van der Waals surface area contributed by atoms with Crippen LogP contribution < -0.4 is 0 Å². The van der Waals surface area contributed by atoms with Crippen molar-refractivity contribution in [1.29, 1.82) is 0 Å². The first-order valence-corrected chi connectivity index (χ1v) is 11.7. The minimum absolute atomic E-state index is 0.180.